The van der Waals surface area contributed by atoms with Crippen LogP contribution in [0, 0.1) is 41.4 Å². The predicted molar refractivity (Wildman–Crippen MR) is 198 cm³/mol. The van der Waals surface area contributed by atoms with Crippen molar-refractivity contribution in [2.75, 3.05) is 18.8 Å². The Hall–Kier alpha value is -3.14. The van der Waals surface area contributed by atoms with Crippen molar-refractivity contribution in [2.24, 2.45) is 29.1 Å². The minimum atomic E-state index is -3.56. The molecule has 5 fully saturated rings. The number of carbonyl (C=O) groups excluding carboxylic acids is 5. The van der Waals surface area contributed by atoms with Crippen LogP contribution in [0.4, 0.5) is 4.79 Å². The van der Waals surface area contributed by atoms with Gasteiger partial charge in [0.05, 0.1) is 22.1 Å². The van der Waals surface area contributed by atoms with Crippen LogP contribution in [0.15, 0.2) is 0 Å². The molecular weight excluding hydrogens is 683 g/mol. The first-order chi connectivity index (χ1) is 24.4. The lowest BCUT2D eigenvalue weighted by Crippen LogP contribution is -2.63. The van der Waals surface area contributed by atoms with Gasteiger partial charge in [-0.05, 0) is 94.8 Å². The largest absolute Gasteiger partial charge is 0.349 e. The summed E-state index contributed by atoms with van der Waals surface area (Å²) in [6.45, 7) is 9.89. The molecule has 290 valence electrons. The van der Waals surface area contributed by atoms with Gasteiger partial charge in [-0.3, -0.25) is 19.2 Å². The summed E-state index contributed by atoms with van der Waals surface area (Å²) in [4.78, 5) is 70.5. The maximum absolute atomic E-state index is 14.7. The van der Waals surface area contributed by atoms with E-state index in [0.29, 0.717) is 31.8 Å². The highest BCUT2D eigenvalue weighted by Crippen LogP contribution is 2.65. The number of hydrogen-bond acceptors (Lipinski definition) is 7. The summed E-state index contributed by atoms with van der Waals surface area (Å²) in [5.41, 5.74) is -1.16. The molecule has 12 nitrogen and oxygen atoms in total. The van der Waals surface area contributed by atoms with E-state index in [1.54, 1.807) is 25.7 Å². The number of rotatable bonds is 14. The molecule has 13 heteroatoms. The molecule has 4 saturated carbocycles. The highest BCUT2D eigenvalue weighted by molar-refractivity contribution is 7.92. The number of amides is 5. The Balaban J connectivity index is 1.36. The third kappa shape index (κ3) is 8.96. The van der Waals surface area contributed by atoms with E-state index >= 15 is 0 Å². The number of nitrogens with one attached hydrogen (secondary N) is 4. The van der Waals surface area contributed by atoms with Crippen LogP contribution in [0.25, 0.3) is 0 Å². The van der Waals surface area contributed by atoms with E-state index in [-0.39, 0.29) is 47.7 Å². The van der Waals surface area contributed by atoms with Crippen molar-refractivity contribution in [1.29, 1.82) is 0 Å². The molecular formula is C39H61N5O7S. The van der Waals surface area contributed by atoms with E-state index in [9.17, 15) is 32.4 Å². The van der Waals surface area contributed by atoms with Gasteiger partial charge >= 0.3 is 6.03 Å². The molecule has 52 heavy (non-hydrogen) atoms. The molecule has 5 aliphatic rings. The van der Waals surface area contributed by atoms with Crippen molar-refractivity contribution in [2.45, 2.75) is 153 Å². The summed E-state index contributed by atoms with van der Waals surface area (Å²) >= 11 is 0. The molecule has 4 aliphatic carbocycles. The molecule has 0 aromatic carbocycles. The number of nitrogens with zero attached hydrogens (tertiary/aromatic N) is 1. The number of piperidine rings is 1. The van der Waals surface area contributed by atoms with Crippen molar-refractivity contribution in [3.05, 3.63) is 0 Å². The number of hydrogen-bond donors (Lipinski definition) is 4. The number of Topliss-reactive ketones (excluding diaryl/α,β-unsaturated/α-hetero) is 1. The summed E-state index contributed by atoms with van der Waals surface area (Å²) in [6, 6.07) is -3.50. The summed E-state index contributed by atoms with van der Waals surface area (Å²) in [7, 11) is -3.56. The van der Waals surface area contributed by atoms with Gasteiger partial charge in [0.1, 0.15) is 12.1 Å². The van der Waals surface area contributed by atoms with Crippen molar-refractivity contribution in [3.63, 3.8) is 0 Å². The van der Waals surface area contributed by atoms with Gasteiger partial charge in [0.2, 0.25) is 17.6 Å². The Morgan fingerprint density at radius 2 is 1.56 bits per heavy atom. The Kier molecular flexibility index (Phi) is 12.1. The summed E-state index contributed by atoms with van der Waals surface area (Å²) in [5, 5.41) is 11.6. The molecule has 1 saturated heterocycles. The number of terminal acetylenes is 1. The van der Waals surface area contributed by atoms with Crippen LogP contribution in [0.2, 0.25) is 0 Å². The predicted octanol–water partition coefficient (Wildman–Crippen LogP) is 3.63. The van der Waals surface area contributed by atoms with E-state index in [1.807, 2.05) is 0 Å². The molecule has 1 heterocycles. The Morgan fingerprint density at radius 3 is 2.15 bits per heavy atom. The van der Waals surface area contributed by atoms with Crippen molar-refractivity contribution < 1.29 is 32.4 Å². The quantitative estimate of drug-likeness (QED) is 0.156. The maximum atomic E-state index is 14.7. The third-order valence-electron chi connectivity index (χ3n) is 12.7. The Labute approximate surface area is 310 Å². The van der Waals surface area contributed by atoms with Crippen LogP contribution >= 0.6 is 0 Å². The van der Waals surface area contributed by atoms with E-state index in [0.717, 1.165) is 64.2 Å². The molecule has 1 aliphatic heterocycles. The van der Waals surface area contributed by atoms with Gasteiger partial charge in [-0.15, -0.1) is 12.3 Å². The average Bonchev–Trinajstić information content (AvgIpc) is 3.95. The topological polar surface area (TPSA) is 171 Å². The zero-order valence-corrected chi connectivity index (χ0v) is 32.7. The molecule has 0 aromatic heterocycles. The lowest BCUT2D eigenvalue weighted by Gasteiger charge is -2.41. The molecule has 0 bridgehead atoms. The number of carbonyl (C=O) groups is 5. The molecule has 0 radical (unpaired) electrons. The standard InChI is InChI=1S/C39H61N5O7S/c1-7-8-17-28(32(45)34(47)40-22-25-18-19-25)41-33(46)31-29-27(38(29,5)6)23-44(31)35(48)30(26-15-11-9-12-16-26)42-36(49)43-39(20-13-10-14-21-39)24-52(50,51)37(2,3)4/h1,25-31H,8-24H2,2-6H3,(H,40,47)(H,41,46)(H2,42,43,49)/t27-,28?,29?,30-,31-/m0/s1. The van der Waals surface area contributed by atoms with Crippen LogP contribution in [0.1, 0.15) is 125 Å². The normalized spacial score (nSPS) is 26.5. The third-order valence-corrected chi connectivity index (χ3v) is 15.5. The summed E-state index contributed by atoms with van der Waals surface area (Å²) < 4.78 is 25.8. The fourth-order valence-corrected chi connectivity index (χ4v) is 10.5. The zero-order valence-electron chi connectivity index (χ0n) is 31.9. The summed E-state index contributed by atoms with van der Waals surface area (Å²) in [6.07, 6.45) is 15.7. The van der Waals surface area contributed by atoms with Gasteiger partial charge in [-0.1, -0.05) is 52.4 Å². The van der Waals surface area contributed by atoms with Crippen molar-refractivity contribution in [1.82, 2.24) is 26.2 Å². The zero-order chi connectivity index (χ0) is 38.1. The second-order valence-corrected chi connectivity index (χ2v) is 20.6. The van der Waals surface area contributed by atoms with E-state index in [4.69, 9.17) is 6.42 Å². The lowest BCUT2D eigenvalue weighted by molar-refractivity contribution is -0.144. The van der Waals surface area contributed by atoms with Crippen LogP contribution in [0.5, 0.6) is 0 Å². The molecule has 0 aromatic rings. The second-order valence-electron chi connectivity index (χ2n) is 17.9. The monoisotopic (exact) mass is 743 g/mol. The summed E-state index contributed by atoms with van der Waals surface area (Å²) in [5.74, 6) is 0.0855. The van der Waals surface area contributed by atoms with Crippen molar-refractivity contribution >= 4 is 39.4 Å². The SMILES string of the molecule is C#CCCC(NC(=O)[C@@H]1C2[C@H](CN1C(=O)[C@@H](NC(=O)NC1(CS(=O)(=O)C(C)(C)C)CCCCC1)C1CCCCC1)C2(C)C)C(=O)C(=O)NCC1CC1. The van der Waals surface area contributed by atoms with Crippen LogP contribution in [0.3, 0.4) is 0 Å². The molecule has 4 N–H and O–H groups in total. The Morgan fingerprint density at radius 1 is 0.923 bits per heavy atom. The number of likely N-dealkylation sites (tertiary alicyclic amines) is 1. The molecule has 2 unspecified atom stereocenters. The smallest absolute Gasteiger partial charge is 0.315 e. The second kappa shape index (κ2) is 15.7. The first-order valence-corrected chi connectivity index (χ1v) is 21.2. The lowest BCUT2D eigenvalue weighted by atomic mass is 9.82. The van der Waals surface area contributed by atoms with Crippen LogP contribution in [-0.2, 0) is 29.0 Å². The number of sulfone groups is 1. The van der Waals surface area contributed by atoms with Gasteiger partial charge in [0.15, 0.2) is 9.84 Å². The van der Waals surface area contributed by atoms with E-state index < -0.39 is 61.9 Å². The minimum Gasteiger partial charge on any atom is -0.349 e. The molecule has 5 rings (SSSR count). The first kappa shape index (κ1) is 40.1. The van der Waals surface area contributed by atoms with Gasteiger partial charge in [0.25, 0.3) is 5.91 Å². The highest BCUT2D eigenvalue weighted by Gasteiger charge is 2.69. The Bertz CT molecular complexity index is 1530. The van der Waals surface area contributed by atoms with Gasteiger partial charge in [-0.25, -0.2) is 13.2 Å². The molecule has 5 amide bonds. The fourth-order valence-electron chi connectivity index (χ4n) is 8.93. The van der Waals surface area contributed by atoms with Gasteiger partial charge < -0.3 is 26.2 Å². The van der Waals surface area contributed by atoms with Gasteiger partial charge in [0, 0.05) is 19.5 Å². The minimum absolute atomic E-state index is 0.0582. The van der Waals surface area contributed by atoms with Crippen molar-refractivity contribution in [3.8, 4) is 12.3 Å². The number of urea groups is 1. The van der Waals surface area contributed by atoms with E-state index in [1.165, 1.54) is 0 Å². The highest BCUT2D eigenvalue weighted by atomic mass is 32.2. The van der Waals surface area contributed by atoms with E-state index in [2.05, 4.69) is 41.0 Å². The number of ketones is 1. The fraction of sp³-hybridized carbons (Fsp3) is 0.821. The average molecular weight is 744 g/mol. The molecule has 5 atom stereocenters. The van der Waals surface area contributed by atoms with Crippen LogP contribution < -0.4 is 21.3 Å². The van der Waals surface area contributed by atoms with Gasteiger partial charge in [-0.2, -0.15) is 0 Å². The maximum Gasteiger partial charge on any atom is 0.315 e. The first-order valence-electron chi connectivity index (χ1n) is 19.6. The molecule has 0 spiro atoms. The van der Waals surface area contributed by atoms with Crippen LogP contribution in [-0.4, -0.2) is 90.1 Å². The number of fused-ring (bicyclic) bond motifs is 1.